The smallest absolute Gasteiger partial charge is 0.261 e. The van der Waals surface area contributed by atoms with Crippen molar-refractivity contribution in [2.75, 3.05) is 19.6 Å². The van der Waals surface area contributed by atoms with E-state index in [1.54, 1.807) is 47.4 Å². The molecular formula is C24H25N3O5. The van der Waals surface area contributed by atoms with E-state index in [-0.39, 0.29) is 53.9 Å². The normalized spacial score (nSPS) is 16.2. The summed E-state index contributed by atoms with van der Waals surface area (Å²) >= 11 is 0. The molecule has 2 aromatic carbocycles. The topological polar surface area (TPSA) is 107 Å². The van der Waals surface area contributed by atoms with Crippen LogP contribution in [-0.2, 0) is 4.79 Å². The Morgan fingerprint density at radius 2 is 1.53 bits per heavy atom. The number of carbonyl (C=O) groups is 4. The lowest BCUT2D eigenvalue weighted by Gasteiger charge is -2.32. The largest absolute Gasteiger partial charge is 0.507 e. The highest BCUT2D eigenvalue weighted by atomic mass is 16.3. The number of nitrogens with one attached hydrogen (secondary N) is 1. The summed E-state index contributed by atoms with van der Waals surface area (Å²) in [5, 5.41) is 12.7. The van der Waals surface area contributed by atoms with Crippen molar-refractivity contribution in [1.82, 2.24) is 15.1 Å². The van der Waals surface area contributed by atoms with Gasteiger partial charge in [-0.3, -0.25) is 24.1 Å². The van der Waals surface area contributed by atoms with E-state index in [2.05, 4.69) is 5.32 Å². The molecule has 2 aliphatic rings. The molecule has 2 heterocycles. The molecule has 0 atom stereocenters. The molecule has 8 nitrogen and oxygen atoms in total. The molecule has 0 saturated carbocycles. The van der Waals surface area contributed by atoms with Crippen molar-refractivity contribution in [2.45, 2.75) is 31.7 Å². The van der Waals surface area contributed by atoms with Gasteiger partial charge in [-0.15, -0.1) is 0 Å². The number of likely N-dealkylation sites (tertiary alicyclic amines) is 1. The Balaban J connectivity index is 1.21. The highest BCUT2D eigenvalue weighted by molar-refractivity contribution is 6.21. The fourth-order valence-corrected chi connectivity index (χ4v) is 4.19. The molecule has 8 heteroatoms. The average Bonchev–Trinajstić information content (AvgIpc) is 3.05. The van der Waals surface area contributed by atoms with Crippen LogP contribution in [0.1, 0.15) is 56.8 Å². The summed E-state index contributed by atoms with van der Waals surface area (Å²) in [5.74, 6) is -1.02. The molecule has 32 heavy (non-hydrogen) atoms. The van der Waals surface area contributed by atoms with Gasteiger partial charge in [0.2, 0.25) is 5.91 Å². The molecule has 2 N–H and O–H groups in total. The van der Waals surface area contributed by atoms with Gasteiger partial charge in [-0.25, -0.2) is 0 Å². The molecule has 0 radical (unpaired) electrons. The quantitative estimate of drug-likeness (QED) is 0.677. The van der Waals surface area contributed by atoms with Gasteiger partial charge >= 0.3 is 0 Å². The molecule has 1 saturated heterocycles. The van der Waals surface area contributed by atoms with Crippen molar-refractivity contribution < 1.29 is 24.3 Å². The van der Waals surface area contributed by atoms with Crippen LogP contribution in [0.5, 0.6) is 5.75 Å². The van der Waals surface area contributed by atoms with Crippen molar-refractivity contribution in [3.05, 3.63) is 65.2 Å². The first-order chi connectivity index (χ1) is 15.5. The minimum atomic E-state index is -0.325. The summed E-state index contributed by atoms with van der Waals surface area (Å²) in [6, 6.07) is 13.1. The predicted molar refractivity (Wildman–Crippen MR) is 116 cm³/mol. The zero-order valence-corrected chi connectivity index (χ0v) is 17.6. The van der Waals surface area contributed by atoms with E-state index in [0.29, 0.717) is 43.5 Å². The van der Waals surface area contributed by atoms with Crippen LogP contribution in [0.3, 0.4) is 0 Å². The van der Waals surface area contributed by atoms with Gasteiger partial charge in [-0.1, -0.05) is 24.3 Å². The highest BCUT2D eigenvalue weighted by Crippen LogP contribution is 2.23. The van der Waals surface area contributed by atoms with Crippen LogP contribution < -0.4 is 5.32 Å². The Kier molecular flexibility index (Phi) is 6.20. The Morgan fingerprint density at radius 3 is 2.16 bits per heavy atom. The zero-order chi connectivity index (χ0) is 22.7. The fraction of sp³-hybridized carbons (Fsp3) is 0.333. The number of phenolic OH excluding ortho intramolecular Hbond substituents is 1. The van der Waals surface area contributed by atoms with Crippen molar-refractivity contribution in [1.29, 1.82) is 0 Å². The molecule has 0 aromatic heterocycles. The standard InChI is InChI=1S/C24H25N3O5/c28-20-9-4-3-8-19(20)22(30)25-16-11-14-26(15-12-16)21(29)10-5-13-27-23(31)17-6-1-2-7-18(17)24(27)32/h1-4,6-9,16,28H,5,10-15H2,(H,25,30). The number of nitrogens with zero attached hydrogens (tertiary/aromatic N) is 2. The number of para-hydroxylation sites is 1. The predicted octanol–water partition coefficient (Wildman–Crippen LogP) is 2.19. The maximum atomic E-state index is 12.6. The number of rotatable bonds is 6. The minimum Gasteiger partial charge on any atom is -0.507 e. The number of piperidine rings is 1. The SMILES string of the molecule is O=C(NC1CCN(C(=O)CCCN2C(=O)c3ccccc3C2=O)CC1)c1ccccc1O. The molecule has 0 bridgehead atoms. The summed E-state index contributed by atoms with van der Waals surface area (Å²) in [7, 11) is 0. The average molecular weight is 435 g/mol. The molecule has 2 aromatic rings. The number of amides is 4. The van der Waals surface area contributed by atoms with Crippen molar-refractivity contribution >= 4 is 23.6 Å². The lowest BCUT2D eigenvalue weighted by atomic mass is 10.0. The maximum Gasteiger partial charge on any atom is 0.261 e. The molecule has 1 fully saturated rings. The van der Waals surface area contributed by atoms with Gasteiger partial charge in [0.1, 0.15) is 5.75 Å². The molecule has 2 aliphatic heterocycles. The Morgan fingerprint density at radius 1 is 0.938 bits per heavy atom. The lowest BCUT2D eigenvalue weighted by Crippen LogP contribution is -2.46. The summed E-state index contributed by atoms with van der Waals surface area (Å²) in [6.45, 7) is 1.26. The summed E-state index contributed by atoms with van der Waals surface area (Å²) < 4.78 is 0. The van der Waals surface area contributed by atoms with Crippen LogP contribution in [0.2, 0.25) is 0 Å². The highest BCUT2D eigenvalue weighted by Gasteiger charge is 2.34. The number of carbonyl (C=O) groups excluding carboxylic acids is 4. The molecular weight excluding hydrogens is 410 g/mol. The van der Waals surface area contributed by atoms with Gasteiger partial charge in [-0.05, 0) is 43.5 Å². The Labute approximate surface area is 185 Å². The van der Waals surface area contributed by atoms with E-state index in [1.807, 2.05) is 0 Å². The van der Waals surface area contributed by atoms with E-state index in [0.717, 1.165) is 0 Å². The van der Waals surface area contributed by atoms with Gasteiger partial charge < -0.3 is 15.3 Å². The molecule has 166 valence electrons. The van der Waals surface area contributed by atoms with E-state index < -0.39 is 0 Å². The van der Waals surface area contributed by atoms with Gasteiger partial charge in [0, 0.05) is 32.1 Å². The van der Waals surface area contributed by atoms with Gasteiger partial charge in [0.05, 0.1) is 16.7 Å². The van der Waals surface area contributed by atoms with Crippen LogP contribution in [0.25, 0.3) is 0 Å². The van der Waals surface area contributed by atoms with E-state index in [1.165, 1.54) is 11.0 Å². The number of benzene rings is 2. The number of hydrogen-bond acceptors (Lipinski definition) is 5. The van der Waals surface area contributed by atoms with Crippen LogP contribution in [0, 0.1) is 0 Å². The van der Waals surface area contributed by atoms with E-state index in [4.69, 9.17) is 0 Å². The monoisotopic (exact) mass is 435 g/mol. The van der Waals surface area contributed by atoms with Gasteiger partial charge in [-0.2, -0.15) is 0 Å². The first-order valence-corrected chi connectivity index (χ1v) is 10.8. The minimum absolute atomic E-state index is 0.0212. The summed E-state index contributed by atoms with van der Waals surface area (Å²) in [5.41, 5.74) is 1.06. The number of phenols is 1. The number of hydrogen-bond donors (Lipinski definition) is 2. The first kappa shape index (κ1) is 21.5. The van der Waals surface area contributed by atoms with Crippen LogP contribution in [0.4, 0.5) is 0 Å². The summed E-state index contributed by atoms with van der Waals surface area (Å²) in [4.78, 5) is 52.7. The zero-order valence-electron chi connectivity index (χ0n) is 17.6. The third-order valence-corrected chi connectivity index (χ3v) is 5.98. The van der Waals surface area contributed by atoms with E-state index >= 15 is 0 Å². The Hall–Kier alpha value is -3.68. The van der Waals surface area contributed by atoms with E-state index in [9.17, 15) is 24.3 Å². The third kappa shape index (κ3) is 4.34. The molecule has 4 rings (SSSR count). The number of imide groups is 1. The lowest BCUT2D eigenvalue weighted by molar-refractivity contribution is -0.132. The number of fused-ring (bicyclic) bond motifs is 1. The summed E-state index contributed by atoms with van der Waals surface area (Å²) in [6.07, 6.45) is 1.92. The van der Waals surface area contributed by atoms with Crippen molar-refractivity contribution in [3.63, 3.8) is 0 Å². The molecule has 0 aliphatic carbocycles. The van der Waals surface area contributed by atoms with Crippen LogP contribution in [0.15, 0.2) is 48.5 Å². The van der Waals surface area contributed by atoms with Gasteiger partial charge in [0.15, 0.2) is 0 Å². The second-order valence-electron chi connectivity index (χ2n) is 8.06. The number of aromatic hydroxyl groups is 1. The fourth-order valence-electron chi connectivity index (χ4n) is 4.19. The van der Waals surface area contributed by atoms with Crippen molar-refractivity contribution in [2.24, 2.45) is 0 Å². The second kappa shape index (κ2) is 9.21. The third-order valence-electron chi connectivity index (χ3n) is 5.98. The maximum absolute atomic E-state index is 12.6. The first-order valence-electron chi connectivity index (χ1n) is 10.8. The van der Waals surface area contributed by atoms with Crippen LogP contribution in [-0.4, -0.2) is 64.2 Å². The van der Waals surface area contributed by atoms with Crippen LogP contribution >= 0.6 is 0 Å². The molecule has 0 unspecified atom stereocenters. The molecule has 4 amide bonds. The second-order valence-corrected chi connectivity index (χ2v) is 8.06. The Bertz CT molecular complexity index is 1020. The molecule has 0 spiro atoms. The van der Waals surface area contributed by atoms with Crippen molar-refractivity contribution in [3.8, 4) is 5.75 Å². The van der Waals surface area contributed by atoms with Gasteiger partial charge in [0.25, 0.3) is 17.7 Å².